The molecule has 1 atom stereocenters. The summed E-state index contributed by atoms with van der Waals surface area (Å²) >= 11 is 0. The van der Waals surface area contributed by atoms with Crippen LogP contribution >= 0.6 is 0 Å². The van der Waals surface area contributed by atoms with Gasteiger partial charge in [0.25, 0.3) is 0 Å². The molecule has 0 N–H and O–H groups in total. The summed E-state index contributed by atoms with van der Waals surface area (Å²) in [7, 11) is 0. The highest BCUT2D eigenvalue weighted by atomic mass is 14.4. The topological polar surface area (TPSA) is 0 Å². The quantitative estimate of drug-likeness (QED) is 0.610. The summed E-state index contributed by atoms with van der Waals surface area (Å²) in [5.74, 6) is 0.696. The monoisotopic (exact) mass is 258 g/mol. The van der Waals surface area contributed by atoms with Gasteiger partial charge in [-0.2, -0.15) is 0 Å². The highest BCUT2D eigenvalue weighted by Crippen LogP contribution is 2.43. The zero-order chi connectivity index (χ0) is 14.6. The van der Waals surface area contributed by atoms with Gasteiger partial charge in [-0.1, -0.05) is 65.0 Å². The van der Waals surface area contributed by atoms with Gasteiger partial charge >= 0.3 is 0 Å². The molecule has 0 radical (unpaired) electrons. The average Bonchev–Trinajstić information content (AvgIpc) is 2.41. The molecule has 1 aliphatic carbocycles. The van der Waals surface area contributed by atoms with Gasteiger partial charge in [0.2, 0.25) is 0 Å². The van der Waals surface area contributed by atoms with E-state index in [4.69, 9.17) is 0 Å². The van der Waals surface area contributed by atoms with E-state index in [1.807, 2.05) is 13.8 Å². The lowest BCUT2D eigenvalue weighted by Crippen LogP contribution is -2.33. The van der Waals surface area contributed by atoms with Crippen molar-refractivity contribution in [3.05, 3.63) is 41.5 Å². The molecular formula is C19H30. The van der Waals surface area contributed by atoms with Crippen molar-refractivity contribution in [2.75, 3.05) is 0 Å². The van der Waals surface area contributed by atoms with E-state index in [9.17, 15) is 0 Å². The second-order valence-corrected chi connectivity index (χ2v) is 6.08. The molecule has 106 valence electrons. The van der Waals surface area contributed by atoms with Crippen molar-refractivity contribution in [3.8, 4) is 0 Å². The van der Waals surface area contributed by atoms with Crippen LogP contribution in [0.15, 0.2) is 24.8 Å². The van der Waals surface area contributed by atoms with Crippen LogP contribution < -0.4 is 0 Å². The molecule has 0 saturated heterocycles. The van der Waals surface area contributed by atoms with Crippen molar-refractivity contribution in [2.24, 2.45) is 5.92 Å². The summed E-state index contributed by atoms with van der Waals surface area (Å²) < 4.78 is 0. The van der Waals surface area contributed by atoms with Gasteiger partial charge in [0.15, 0.2) is 0 Å². The maximum atomic E-state index is 4.07. The first kappa shape index (κ1) is 16.0. The van der Waals surface area contributed by atoms with Gasteiger partial charge in [0, 0.05) is 0 Å². The minimum Gasteiger partial charge on any atom is -0.0955 e. The molecule has 1 aliphatic rings. The number of hydrogen-bond acceptors (Lipinski definition) is 0. The number of fused-ring (bicyclic) bond motifs is 1. The largest absolute Gasteiger partial charge is 0.0955 e. The van der Waals surface area contributed by atoms with Crippen LogP contribution in [0, 0.1) is 5.92 Å². The predicted octanol–water partition coefficient (Wildman–Crippen LogP) is 6.00. The standard InChI is InChI=1S/C17H24.C2H6/c1-12(2)15-9-8-14-7-6-10-17(5,13(3)4)16(14)11-15;1-2/h8-9,11,13H,1,6-7,10H2,2-5H3;1-2H3. The zero-order valence-corrected chi connectivity index (χ0v) is 13.6. The molecule has 1 unspecified atom stereocenters. The highest BCUT2D eigenvalue weighted by molar-refractivity contribution is 5.63. The molecule has 0 fully saturated rings. The average molecular weight is 258 g/mol. The van der Waals surface area contributed by atoms with Crippen molar-refractivity contribution in [1.82, 2.24) is 0 Å². The molecule has 0 heteroatoms. The fourth-order valence-corrected chi connectivity index (χ4v) is 2.97. The SMILES string of the molecule is C=C(C)c1ccc2c(c1)C(C)(C(C)C)CCC2.CC. The van der Waals surface area contributed by atoms with Crippen LogP contribution in [0.4, 0.5) is 0 Å². The van der Waals surface area contributed by atoms with Crippen LogP contribution in [-0.4, -0.2) is 0 Å². The number of rotatable bonds is 2. The smallest absolute Gasteiger partial charge is 0.00492 e. The third kappa shape index (κ3) is 3.11. The third-order valence-corrected chi connectivity index (χ3v) is 4.63. The van der Waals surface area contributed by atoms with Crippen molar-refractivity contribution in [1.29, 1.82) is 0 Å². The number of aryl methyl sites for hydroxylation is 1. The summed E-state index contributed by atoms with van der Waals surface area (Å²) in [5.41, 5.74) is 5.94. The van der Waals surface area contributed by atoms with Gasteiger partial charge in [-0.15, -0.1) is 0 Å². The Kier molecular flexibility index (Phi) is 5.40. The Morgan fingerprint density at radius 2 is 1.89 bits per heavy atom. The zero-order valence-electron chi connectivity index (χ0n) is 13.6. The second-order valence-electron chi connectivity index (χ2n) is 6.08. The molecule has 0 spiro atoms. The molecule has 0 aromatic heterocycles. The summed E-state index contributed by atoms with van der Waals surface area (Å²) in [5, 5.41) is 0. The first-order valence-electron chi connectivity index (χ1n) is 7.74. The Balaban J connectivity index is 0.000000861. The molecule has 1 aromatic rings. The first-order chi connectivity index (χ1) is 8.95. The molecule has 0 bridgehead atoms. The summed E-state index contributed by atoms with van der Waals surface area (Å²) in [6.45, 7) is 17.3. The predicted molar refractivity (Wildman–Crippen MR) is 87.6 cm³/mol. The summed E-state index contributed by atoms with van der Waals surface area (Å²) in [4.78, 5) is 0. The highest BCUT2D eigenvalue weighted by Gasteiger charge is 2.34. The van der Waals surface area contributed by atoms with E-state index in [1.54, 1.807) is 11.1 Å². The maximum absolute atomic E-state index is 4.07. The summed E-state index contributed by atoms with van der Waals surface area (Å²) in [6, 6.07) is 6.93. The molecule has 19 heavy (non-hydrogen) atoms. The van der Waals surface area contributed by atoms with Crippen molar-refractivity contribution >= 4 is 5.57 Å². The Labute approximate surface area is 119 Å². The van der Waals surface area contributed by atoms with Crippen molar-refractivity contribution in [3.63, 3.8) is 0 Å². The van der Waals surface area contributed by atoms with Crippen LogP contribution in [0.3, 0.4) is 0 Å². The number of allylic oxidation sites excluding steroid dienone is 1. The second kappa shape index (κ2) is 6.41. The van der Waals surface area contributed by atoms with Gasteiger partial charge in [0.1, 0.15) is 0 Å². The van der Waals surface area contributed by atoms with E-state index >= 15 is 0 Å². The van der Waals surface area contributed by atoms with Gasteiger partial charge in [-0.05, 0) is 54.2 Å². The first-order valence-corrected chi connectivity index (χ1v) is 7.74. The minimum atomic E-state index is 0.346. The van der Waals surface area contributed by atoms with Crippen LogP contribution in [0.25, 0.3) is 5.57 Å². The van der Waals surface area contributed by atoms with Gasteiger partial charge in [-0.25, -0.2) is 0 Å². The third-order valence-electron chi connectivity index (χ3n) is 4.63. The van der Waals surface area contributed by atoms with E-state index in [1.165, 1.54) is 30.4 Å². The fraction of sp³-hybridized carbons (Fsp3) is 0.579. The molecule has 0 saturated carbocycles. The molecule has 0 heterocycles. The Bertz CT molecular complexity index is 439. The van der Waals surface area contributed by atoms with Crippen molar-refractivity contribution < 1.29 is 0 Å². The molecular weight excluding hydrogens is 228 g/mol. The van der Waals surface area contributed by atoms with Crippen LogP contribution in [0.5, 0.6) is 0 Å². The van der Waals surface area contributed by atoms with Gasteiger partial charge in [0.05, 0.1) is 0 Å². The van der Waals surface area contributed by atoms with Crippen molar-refractivity contribution in [2.45, 2.75) is 66.2 Å². The number of benzene rings is 1. The normalized spacial score (nSPS) is 21.4. The van der Waals surface area contributed by atoms with E-state index in [-0.39, 0.29) is 0 Å². The van der Waals surface area contributed by atoms with Gasteiger partial charge < -0.3 is 0 Å². The lowest BCUT2D eigenvalue weighted by molar-refractivity contribution is 0.290. The molecule has 1 aromatic carbocycles. The number of hydrogen-bond donors (Lipinski definition) is 0. The Hall–Kier alpha value is -1.04. The van der Waals surface area contributed by atoms with E-state index in [0.717, 1.165) is 0 Å². The molecule has 0 nitrogen and oxygen atoms in total. The van der Waals surface area contributed by atoms with E-state index < -0.39 is 0 Å². The van der Waals surface area contributed by atoms with Gasteiger partial charge in [-0.3, -0.25) is 0 Å². The fourth-order valence-electron chi connectivity index (χ4n) is 2.97. The Morgan fingerprint density at radius 3 is 2.42 bits per heavy atom. The van der Waals surface area contributed by atoms with E-state index in [2.05, 4.69) is 52.5 Å². The molecule has 0 amide bonds. The summed E-state index contributed by atoms with van der Waals surface area (Å²) in [6.07, 6.45) is 3.89. The van der Waals surface area contributed by atoms with E-state index in [0.29, 0.717) is 11.3 Å². The minimum absolute atomic E-state index is 0.346. The Morgan fingerprint density at radius 1 is 1.26 bits per heavy atom. The van der Waals surface area contributed by atoms with Crippen LogP contribution in [0.1, 0.15) is 71.1 Å². The lowest BCUT2D eigenvalue weighted by Gasteiger charge is -2.40. The molecule has 2 rings (SSSR count). The van der Waals surface area contributed by atoms with Crippen LogP contribution in [-0.2, 0) is 11.8 Å². The lowest BCUT2D eigenvalue weighted by atomic mass is 9.65. The molecule has 0 aliphatic heterocycles. The van der Waals surface area contributed by atoms with Crippen LogP contribution in [0.2, 0.25) is 0 Å². The maximum Gasteiger partial charge on any atom is -0.00492 e.